The van der Waals surface area contributed by atoms with Crippen LogP contribution in [0.4, 0.5) is 54.1 Å². The molecule has 8 nitrogen and oxygen atoms in total. The van der Waals surface area contributed by atoms with Gasteiger partial charge in [0.15, 0.2) is 5.82 Å². The lowest BCUT2D eigenvalue weighted by Gasteiger charge is -2.40. The average Bonchev–Trinajstić information content (AvgIpc) is 3.66. The van der Waals surface area contributed by atoms with Crippen LogP contribution in [0, 0.1) is 24.0 Å². The summed E-state index contributed by atoms with van der Waals surface area (Å²) in [5.41, 5.74) is -7.61. The van der Waals surface area contributed by atoms with E-state index in [1.807, 2.05) is 11.8 Å². The van der Waals surface area contributed by atoms with Crippen LogP contribution in [0.3, 0.4) is 0 Å². The number of piperazine rings is 1. The monoisotopic (exact) mass is 828 g/mol. The Morgan fingerprint density at radius 3 is 2.38 bits per heavy atom. The van der Waals surface area contributed by atoms with Gasteiger partial charge >= 0.3 is 30.1 Å². The van der Waals surface area contributed by atoms with Gasteiger partial charge in [-0.15, -0.1) is 6.42 Å². The lowest BCUT2D eigenvalue weighted by Crippen LogP contribution is -2.68. The molecule has 19 heteroatoms. The zero-order chi connectivity index (χ0) is 41.6. The van der Waals surface area contributed by atoms with Gasteiger partial charge in [-0.25, -0.2) is 13.8 Å². The Bertz CT molecular complexity index is 2270. The molecule has 0 amide bonds. The molecule has 310 valence electrons. The molecule has 2 aromatic heterocycles. The first kappa shape index (κ1) is 40.2. The van der Waals surface area contributed by atoms with E-state index in [0.29, 0.717) is 54.6 Å². The third kappa shape index (κ3) is 6.28. The van der Waals surface area contributed by atoms with E-state index in [1.54, 1.807) is 18.2 Å². The first-order valence-corrected chi connectivity index (χ1v) is 18.7. The Morgan fingerprint density at radius 1 is 0.948 bits per heavy atom. The third-order valence-corrected chi connectivity index (χ3v) is 12.0. The minimum absolute atomic E-state index is 0.0237. The summed E-state index contributed by atoms with van der Waals surface area (Å²) in [6, 6.07) is 7.10. The van der Waals surface area contributed by atoms with Crippen molar-refractivity contribution in [3.63, 3.8) is 0 Å². The molecule has 4 atom stereocenters. The summed E-state index contributed by atoms with van der Waals surface area (Å²) < 4.78 is 167. The van der Waals surface area contributed by atoms with Gasteiger partial charge in [0.1, 0.15) is 29.5 Å². The number of rotatable bonds is 7. The molecule has 0 aliphatic carbocycles. The number of benzene rings is 2. The highest BCUT2D eigenvalue weighted by atomic mass is 19.4. The molecular weight excluding hydrogens is 793 g/mol. The second-order valence-electron chi connectivity index (χ2n) is 15.3. The molecule has 0 saturated carbocycles. The van der Waals surface area contributed by atoms with E-state index in [-0.39, 0.29) is 58.8 Å². The molecular formula is C39H35F11N6O2. The molecule has 0 unspecified atom stereocenters. The van der Waals surface area contributed by atoms with Gasteiger partial charge in [-0.2, -0.15) is 49.5 Å². The molecule has 0 radical (unpaired) electrons. The van der Waals surface area contributed by atoms with Crippen molar-refractivity contribution in [3.8, 4) is 29.6 Å². The minimum Gasteiger partial charge on any atom is -0.461 e. The number of ether oxygens (including phenoxy) is 2. The van der Waals surface area contributed by atoms with Crippen LogP contribution in [0.15, 0.2) is 30.3 Å². The van der Waals surface area contributed by atoms with Crippen LogP contribution in [-0.2, 0) is 11.2 Å². The number of hydrogen-bond acceptors (Lipinski definition) is 8. The number of nitrogens with zero attached hydrogens (tertiary/aromatic N) is 5. The predicted octanol–water partition coefficient (Wildman–Crippen LogP) is 8.04. The smallest absolute Gasteiger partial charge is 0.435 e. The molecule has 1 N–H and O–H groups in total. The Balaban J connectivity index is 1.21. The second kappa shape index (κ2) is 14.0. The maximum Gasteiger partial charge on any atom is 0.435 e. The SMILES string of the molecule is C#Cc1c(F)ccc2cccc(-c3nc4c5c(nc(OC[C@@]67CCCN6C[C@@H](OC(C(F)(F)F)(C(F)(F)F)C(F)(F)F)C7)nc5c3F)N3C[C@@H](CC)NC[C@H]3CC4)c12. The highest BCUT2D eigenvalue weighted by Crippen LogP contribution is 2.57. The molecule has 4 aliphatic heterocycles. The largest absolute Gasteiger partial charge is 0.461 e. The number of nitrogens with one attached hydrogen (secondary N) is 1. The molecule has 4 aromatic rings. The van der Waals surface area contributed by atoms with Gasteiger partial charge in [0, 0.05) is 42.7 Å². The summed E-state index contributed by atoms with van der Waals surface area (Å²) in [5, 5.41) is 4.57. The fraction of sp³-hybridized carbons (Fsp3) is 0.513. The van der Waals surface area contributed by atoms with Crippen molar-refractivity contribution in [2.75, 3.05) is 37.7 Å². The summed E-state index contributed by atoms with van der Waals surface area (Å²) in [6.07, 6.45) is -15.5. The lowest BCUT2D eigenvalue weighted by molar-refractivity contribution is -0.463. The van der Waals surface area contributed by atoms with Crippen LogP contribution in [-0.4, -0.2) is 100 Å². The van der Waals surface area contributed by atoms with Crippen molar-refractivity contribution in [2.45, 2.75) is 93.3 Å². The number of alkyl halides is 9. The zero-order valence-corrected chi connectivity index (χ0v) is 30.7. The fourth-order valence-corrected chi connectivity index (χ4v) is 9.16. The molecule has 0 bridgehead atoms. The summed E-state index contributed by atoms with van der Waals surface area (Å²) in [7, 11) is 0. The van der Waals surface area contributed by atoms with Gasteiger partial charge in [0.05, 0.1) is 28.3 Å². The number of aromatic nitrogens is 3. The van der Waals surface area contributed by atoms with Crippen molar-refractivity contribution in [2.24, 2.45) is 0 Å². The number of pyridine rings is 1. The van der Waals surface area contributed by atoms with E-state index in [1.165, 1.54) is 17.0 Å². The van der Waals surface area contributed by atoms with Gasteiger partial charge in [-0.3, -0.25) is 4.90 Å². The fourth-order valence-electron chi connectivity index (χ4n) is 9.16. The van der Waals surface area contributed by atoms with E-state index >= 15 is 8.78 Å². The van der Waals surface area contributed by atoms with Crippen LogP contribution >= 0.6 is 0 Å². The number of fused-ring (bicyclic) bond motifs is 4. The molecule has 2 aromatic carbocycles. The summed E-state index contributed by atoms with van der Waals surface area (Å²) >= 11 is 0. The quantitative estimate of drug-likeness (QED) is 0.148. The van der Waals surface area contributed by atoms with Gasteiger partial charge in [-0.05, 0) is 56.5 Å². The Hall–Kier alpha value is -4.54. The van der Waals surface area contributed by atoms with Crippen LogP contribution in [0.2, 0.25) is 0 Å². The van der Waals surface area contributed by atoms with Crippen molar-refractivity contribution in [1.29, 1.82) is 0 Å². The normalized spacial score (nSPS) is 24.2. The summed E-state index contributed by atoms with van der Waals surface area (Å²) in [4.78, 5) is 17.4. The summed E-state index contributed by atoms with van der Waals surface area (Å²) in [5.74, 6) is 1.04. The van der Waals surface area contributed by atoms with Crippen LogP contribution < -0.4 is 15.0 Å². The Kier molecular flexibility index (Phi) is 9.75. The molecule has 4 aliphatic rings. The number of halogens is 11. The highest BCUT2D eigenvalue weighted by molar-refractivity contribution is 6.02. The van der Waals surface area contributed by atoms with E-state index in [9.17, 15) is 39.5 Å². The predicted molar refractivity (Wildman–Crippen MR) is 189 cm³/mol. The average molecular weight is 829 g/mol. The van der Waals surface area contributed by atoms with Crippen molar-refractivity contribution < 1.29 is 57.8 Å². The molecule has 3 fully saturated rings. The highest BCUT2D eigenvalue weighted by Gasteiger charge is 2.86. The first-order valence-electron chi connectivity index (χ1n) is 18.7. The summed E-state index contributed by atoms with van der Waals surface area (Å²) in [6.45, 7) is 1.98. The van der Waals surface area contributed by atoms with Crippen molar-refractivity contribution in [3.05, 3.63) is 53.2 Å². The standard InChI is InChI=1S/C39H35F11N6O2/c1-3-21-17-56-22(16-51-21)10-12-27-29-32(30(41)31(52-27)25-8-5-7-20-9-11-26(40)24(4-2)28(20)25)53-34(54-33(29)56)57-19-35-13-6-14-55(35)18-23(15-35)58-36(37(42,43)44,38(45,46)47)39(48,49)50/h2,5,7-9,11,21-23,51H,3,6,10,12-19H2,1H3/t21-,22-,23+,35+/m1/s1. The van der Waals surface area contributed by atoms with Crippen LogP contribution in [0.1, 0.15) is 50.3 Å². The van der Waals surface area contributed by atoms with Crippen molar-refractivity contribution in [1.82, 2.24) is 25.2 Å². The number of aryl methyl sites for hydroxylation is 1. The maximum atomic E-state index is 17.2. The van der Waals surface area contributed by atoms with E-state index in [2.05, 4.69) is 21.0 Å². The minimum atomic E-state index is -6.88. The van der Waals surface area contributed by atoms with Crippen LogP contribution in [0.5, 0.6) is 6.01 Å². The maximum absolute atomic E-state index is 17.2. The molecule has 8 rings (SSSR count). The van der Waals surface area contributed by atoms with Crippen LogP contribution in [0.25, 0.3) is 32.9 Å². The number of hydrogen-bond donors (Lipinski definition) is 1. The zero-order valence-electron chi connectivity index (χ0n) is 30.7. The molecule has 58 heavy (non-hydrogen) atoms. The van der Waals surface area contributed by atoms with E-state index < -0.39 is 67.0 Å². The van der Waals surface area contributed by atoms with E-state index in [0.717, 1.165) is 6.42 Å². The van der Waals surface area contributed by atoms with Gasteiger partial charge in [0.2, 0.25) is 0 Å². The van der Waals surface area contributed by atoms with Gasteiger partial charge in [-0.1, -0.05) is 37.1 Å². The Morgan fingerprint density at radius 2 is 1.69 bits per heavy atom. The lowest BCUT2D eigenvalue weighted by atomic mass is 9.93. The van der Waals surface area contributed by atoms with Gasteiger partial charge in [0.25, 0.3) is 0 Å². The molecule has 6 heterocycles. The topological polar surface area (TPSA) is 75.6 Å². The first-order chi connectivity index (χ1) is 27.3. The Labute approximate surface area is 324 Å². The molecule has 3 saturated heterocycles. The third-order valence-electron chi connectivity index (χ3n) is 12.0. The number of anilines is 1. The van der Waals surface area contributed by atoms with E-state index in [4.69, 9.17) is 21.1 Å². The number of terminal acetylenes is 1. The molecule has 0 spiro atoms. The van der Waals surface area contributed by atoms with Gasteiger partial charge < -0.3 is 19.7 Å². The second-order valence-corrected chi connectivity index (χ2v) is 15.3. The van der Waals surface area contributed by atoms with Crippen molar-refractivity contribution >= 4 is 27.5 Å².